The summed E-state index contributed by atoms with van der Waals surface area (Å²) in [6.07, 6.45) is 0.785. The number of ether oxygens (including phenoxy) is 1. The van der Waals surface area contributed by atoms with Gasteiger partial charge in [0.15, 0.2) is 6.61 Å². The number of amides is 2. The van der Waals surface area contributed by atoms with Crippen LogP contribution < -0.4 is 10.6 Å². The van der Waals surface area contributed by atoms with Gasteiger partial charge in [-0.15, -0.1) is 0 Å². The number of nitrogens with one attached hydrogen (secondary N) is 2. The van der Waals surface area contributed by atoms with Crippen LogP contribution in [0.4, 0.5) is 4.39 Å². The highest BCUT2D eigenvalue weighted by Crippen LogP contribution is 2.02. The summed E-state index contributed by atoms with van der Waals surface area (Å²) in [7, 11) is 0. The topological polar surface area (TPSA) is 84.5 Å². The van der Waals surface area contributed by atoms with Crippen molar-refractivity contribution in [2.24, 2.45) is 0 Å². The molecule has 0 bridgehead atoms. The van der Waals surface area contributed by atoms with Gasteiger partial charge in [0, 0.05) is 12.1 Å². The summed E-state index contributed by atoms with van der Waals surface area (Å²) in [6.45, 7) is 1.66. The van der Waals surface area contributed by atoms with Gasteiger partial charge in [-0.2, -0.15) is 0 Å². The van der Waals surface area contributed by atoms with Gasteiger partial charge in [-0.3, -0.25) is 14.4 Å². The van der Waals surface area contributed by atoms with E-state index < -0.39 is 23.6 Å². The molecule has 0 fully saturated rings. The Hall–Kier alpha value is -2.44. The maximum atomic E-state index is 12.7. The fourth-order valence-electron chi connectivity index (χ4n) is 1.37. The van der Waals surface area contributed by atoms with Crippen LogP contribution in [-0.2, 0) is 14.3 Å². The molecule has 0 saturated heterocycles. The quantitative estimate of drug-likeness (QED) is 0.723. The van der Waals surface area contributed by atoms with Gasteiger partial charge in [0.1, 0.15) is 12.4 Å². The Kier molecular flexibility index (Phi) is 6.86. The van der Waals surface area contributed by atoms with Crippen molar-refractivity contribution in [3.05, 3.63) is 35.6 Å². The van der Waals surface area contributed by atoms with Gasteiger partial charge in [-0.1, -0.05) is 6.92 Å². The van der Waals surface area contributed by atoms with Crippen molar-refractivity contribution >= 4 is 17.8 Å². The summed E-state index contributed by atoms with van der Waals surface area (Å²) < 4.78 is 17.4. The number of benzene rings is 1. The Morgan fingerprint density at radius 2 is 1.81 bits per heavy atom. The second-order valence-electron chi connectivity index (χ2n) is 4.20. The highest BCUT2D eigenvalue weighted by atomic mass is 19.1. The van der Waals surface area contributed by atoms with E-state index in [2.05, 4.69) is 15.4 Å². The molecule has 21 heavy (non-hydrogen) atoms. The number of hydrogen-bond donors (Lipinski definition) is 2. The lowest BCUT2D eigenvalue weighted by atomic mass is 10.2. The van der Waals surface area contributed by atoms with Crippen LogP contribution in [0.5, 0.6) is 0 Å². The molecule has 114 valence electrons. The van der Waals surface area contributed by atoms with E-state index in [4.69, 9.17) is 0 Å². The van der Waals surface area contributed by atoms with Gasteiger partial charge in [-0.05, 0) is 30.7 Å². The van der Waals surface area contributed by atoms with Crippen LogP contribution >= 0.6 is 0 Å². The van der Waals surface area contributed by atoms with E-state index in [1.807, 2.05) is 6.92 Å². The van der Waals surface area contributed by atoms with Crippen LogP contribution in [0, 0.1) is 5.82 Å². The second kappa shape index (κ2) is 8.68. The van der Waals surface area contributed by atoms with E-state index in [1.54, 1.807) is 0 Å². The first-order chi connectivity index (χ1) is 10.0. The van der Waals surface area contributed by atoms with E-state index in [-0.39, 0.29) is 18.7 Å². The number of esters is 1. The molecular formula is C14H17FN2O4. The van der Waals surface area contributed by atoms with Gasteiger partial charge < -0.3 is 15.4 Å². The zero-order chi connectivity index (χ0) is 15.7. The molecule has 0 aromatic heterocycles. The lowest BCUT2D eigenvalue weighted by molar-refractivity contribution is -0.147. The predicted molar refractivity (Wildman–Crippen MR) is 73.0 cm³/mol. The fraction of sp³-hybridized carbons (Fsp3) is 0.357. The molecule has 0 spiro atoms. The lowest BCUT2D eigenvalue weighted by Gasteiger charge is -2.07. The number of hydrogen-bond acceptors (Lipinski definition) is 4. The first kappa shape index (κ1) is 16.6. The molecule has 1 aromatic rings. The molecule has 2 amide bonds. The second-order valence-corrected chi connectivity index (χ2v) is 4.20. The molecule has 0 radical (unpaired) electrons. The number of carbonyl (C=O) groups excluding carboxylic acids is 3. The molecule has 1 aromatic carbocycles. The highest BCUT2D eigenvalue weighted by Gasteiger charge is 2.10. The standard InChI is InChI=1S/C14H17FN2O4/c1-2-7-16-12(18)9-21-13(19)8-17-14(20)10-3-5-11(15)6-4-10/h3-6H,2,7-9H2,1H3,(H,16,18)(H,17,20). The molecule has 7 heteroatoms. The monoisotopic (exact) mass is 296 g/mol. The Morgan fingerprint density at radius 3 is 2.43 bits per heavy atom. The third-order valence-electron chi connectivity index (χ3n) is 2.44. The molecule has 6 nitrogen and oxygen atoms in total. The van der Waals surface area contributed by atoms with E-state index in [0.29, 0.717) is 6.54 Å². The molecule has 1 rings (SSSR count). The van der Waals surface area contributed by atoms with Gasteiger partial charge in [0.25, 0.3) is 11.8 Å². The molecule has 0 aliphatic carbocycles. The maximum Gasteiger partial charge on any atom is 0.325 e. The normalized spacial score (nSPS) is 9.81. The zero-order valence-corrected chi connectivity index (χ0v) is 11.6. The summed E-state index contributed by atoms with van der Waals surface area (Å²) >= 11 is 0. The summed E-state index contributed by atoms with van der Waals surface area (Å²) in [4.78, 5) is 34.1. The van der Waals surface area contributed by atoms with E-state index in [0.717, 1.165) is 18.6 Å². The Morgan fingerprint density at radius 1 is 1.14 bits per heavy atom. The van der Waals surface area contributed by atoms with Crippen LogP contribution in [0.1, 0.15) is 23.7 Å². The molecule has 0 heterocycles. The van der Waals surface area contributed by atoms with Crippen LogP contribution in [-0.4, -0.2) is 37.5 Å². The maximum absolute atomic E-state index is 12.7. The lowest BCUT2D eigenvalue weighted by Crippen LogP contribution is -2.34. The zero-order valence-electron chi connectivity index (χ0n) is 11.6. The van der Waals surface area contributed by atoms with Crippen molar-refractivity contribution in [1.82, 2.24) is 10.6 Å². The molecule has 0 atom stereocenters. The van der Waals surface area contributed by atoms with Crippen molar-refractivity contribution in [2.45, 2.75) is 13.3 Å². The van der Waals surface area contributed by atoms with Crippen LogP contribution in [0.2, 0.25) is 0 Å². The largest absolute Gasteiger partial charge is 0.454 e. The molecule has 0 aliphatic rings. The summed E-state index contributed by atoms with van der Waals surface area (Å²) in [5.74, 6) is -2.10. The van der Waals surface area contributed by atoms with Crippen molar-refractivity contribution < 1.29 is 23.5 Å². The average Bonchev–Trinajstić information content (AvgIpc) is 2.49. The summed E-state index contributed by atoms with van der Waals surface area (Å²) in [6, 6.07) is 4.89. The molecule has 2 N–H and O–H groups in total. The van der Waals surface area contributed by atoms with Crippen LogP contribution in [0.25, 0.3) is 0 Å². The number of halogens is 1. The number of rotatable bonds is 7. The van der Waals surface area contributed by atoms with E-state index in [9.17, 15) is 18.8 Å². The van der Waals surface area contributed by atoms with Gasteiger partial charge in [0.2, 0.25) is 0 Å². The number of carbonyl (C=O) groups is 3. The summed E-state index contributed by atoms with van der Waals surface area (Å²) in [5.41, 5.74) is 0.227. The highest BCUT2D eigenvalue weighted by molar-refractivity contribution is 5.96. The predicted octanol–water partition coefficient (Wildman–Crippen LogP) is 0.625. The summed E-state index contributed by atoms with van der Waals surface area (Å²) in [5, 5.41) is 4.86. The molecule has 0 saturated carbocycles. The molecule has 0 unspecified atom stereocenters. The Labute approximate surface area is 121 Å². The first-order valence-electron chi connectivity index (χ1n) is 6.49. The van der Waals surface area contributed by atoms with Crippen LogP contribution in [0.15, 0.2) is 24.3 Å². The first-order valence-corrected chi connectivity index (χ1v) is 6.49. The minimum absolute atomic E-state index is 0.227. The van der Waals surface area contributed by atoms with Crippen molar-refractivity contribution in [2.75, 3.05) is 19.7 Å². The van der Waals surface area contributed by atoms with E-state index in [1.165, 1.54) is 12.1 Å². The molecule has 0 aliphatic heterocycles. The minimum Gasteiger partial charge on any atom is -0.454 e. The Bertz CT molecular complexity index is 502. The third-order valence-corrected chi connectivity index (χ3v) is 2.44. The third kappa shape index (κ3) is 6.51. The van der Waals surface area contributed by atoms with Crippen LogP contribution in [0.3, 0.4) is 0 Å². The van der Waals surface area contributed by atoms with Crippen molar-refractivity contribution in [3.8, 4) is 0 Å². The van der Waals surface area contributed by atoms with Crippen molar-refractivity contribution in [1.29, 1.82) is 0 Å². The average molecular weight is 296 g/mol. The minimum atomic E-state index is -0.725. The fourth-order valence-corrected chi connectivity index (χ4v) is 1.37. The Balaban J connectivity index is 2.28. The van der Waals surface area contributed by atoms with Gasteiger partial charge >= 0.3 is 5.97 Å². The van der Waals surface area contributed by atoms with Gasteiger partial charge in [-0.25, -0.2) is 4.39 Å². The molecular weight excluding hydrogens is 279 g/mol. The van der Waals surface area contributed by atoms with Crippen molar-refractivity contribution in [3.63, 3.8) is 0 Å². The smallest absolute Gasteiger partial charge is 0.325 e. The SMILES string of the molecule is CCCNC(=O)COC(=O)CNC(=O)c1ccc(F)cc1. The van der Waals surface area contributed by atoms with E-state index >= 15 is 0 Å². The van der Waals surface area contributed by atoms with Gasteiger partial charge in [0.05, 0.1) is 0 Å².